The number of ether oxygens (including phenoxy) is 1. The van der Waals surface area contributed by atoms with E-state index < -0.39 is 49.2 Å². The molecule has 142 valence electrons. The third kappa shape index (κ3) is 13.9. The van der Waals surface area contributed by atoms with E-state index in [4.69, 9.17) is 36.0 Å². The summed E-state index contributed by atoms with van der Waals surface area (Å²) in [6.45, 7) is 3.26. The molecule has 25 heavy (non-hydrogen) atoms. The zero-order chi connectivity index (χ0) is 19.3. The number of carboxylic acid groups (broad SMARTS) is 2. The molecule has 0 saturated heterocycles. The standard InChI is InChI=1S/C9H16O5.C5H9NO4.Na.H/c1-7(2)8(13)14-6-9(3-10,4-11)5-12;6-3(5(9)10)1-2-4(7)8;;/h10-12H,1,3-6H2,2H3;3H,1-2,6H2,(H,7,8)(H,9,10);;/t;3-;;/m.0../s1. The van der Waals surface area contributed by atoms with Gasteiger partial charge in [-0.1, -0.05) is 6.58 Å². The molecule has 0 unspecified atom stereocenters. The molecule has 7 N–H and O–H groups in total. The second-order valence-corrected chi connectivity index (χ2v) is 5.21. The molecule has 0 aliphatic carbocycles. The number of carboxylic acids is 2. The Morgan fingerprint density at radius 1 is 1.12 bits per heavy atom. The second-order valence-electron chi connectivity index (χ2n) is 5.21. The summed E-state index contributed by atoms with van der Waals surface area (Å²) in [5.41, 5.74) is 4.06. The number of esters is 1. The van der Waals surface area contributed by atoms with Gasteiger partial charge in [-0.2, -0.15) is 0 Å². The molecule has 0 bridgehead atoms. The van der Waals surface area contributed by atoms with Crippen LogP contribution >= 0.6 is 0 Å². The van der Waals surface area contributed by atoms with Gasteiger partial charge >= 0.3 is 47.5 Å². The van der Waals surface area contributed by atoms with E-state index in [0.717, 1.165) is 0 Å². The summed E-state index contributed by atoms with van der Waals surface area (Å²) in [6, 6.07) is -1.06. The van der Waals surface area contributed by atoms with Gasteiger partial charge in [0.25, 0.3) is 0 Å². The summed E-state index contributed by atoms with van der Waals surface area (Å²) in [7, 11) is 0. The van der Waals surface area contributed by atoms with Crippen LogP contribution in [0.15, 0.2) is 12.2 Å². The van der Waals surface area contributed by atoms with Crippen molar-refractivity contribution in [3.05, 3.63) is 12.2 Å². The third-order valence-corrected chi connectivity index (χ3v) is 2.85. The van der Waals surface area contributed by atoms with E-state index in [1.54, 1.807) is 0 Å². The molecule has 0 amide bonds. The van der Waals surface area contributed by atoms with E-state index in [-0.39, 0.29) is 54.6 Å². The summed E-state index contributed by atoms with van der Waals surface area (Å²) >= 11 is 0. The topological polar surface area (TPSA) is 188 Å². The summed E-state index contributed by atoms with van der Waals surface area (Å²) in [5.74, 6) is -2.80. The number of hydrogen-bond donors (Lipinski definition) is 6. The first-order valence-electron chi connectivity index (χ1n) is 6.90. The van der Waals surface area contributed by atoms with Crippen LogP contribution in [0.25, 0.3) is 0 Å². The number of aliphatic hydroxyl groups is 3. The Balaban J connectivity index is -0.000000392. The fourth-order valence-corrected chi connectivity index (χ4v) is 1.03. The van der Waals surface area contributed by atoms with Gasteiger partial charge in [0.05, 0.1) is 25.2 Å². The van der Waals surface area contributed by atoms with Gasteiger partial charge in [-0.3, -0.25) is 9.59 Å². The van der Waals surface area contributed by atoms with Crippen molar-refractivity contribution in [2.75, 3.05) is 26.4 Å². The zero-order valence-electron chi connectivity index (χ0n) is 13.5. The number of carbonyl (C=O) groups is 3. The van der Waals surface area contributed by atoms with Crippen LogP contribution in [0.1, 0.15) is 19.8 Å². The van der Waals surface area contributed by atoms with E-state index >= 15 is 0 Å². The van der Waals surface area contributed by atoms with Crippen molar-refractivity contribution in [2.45, 2.75) is 25.8 Å². The summed E-state index contributed by atoms with van der Waals surface area (Å²) in [5, 5.41) is 43.0. The average Bonchev–Trinajstić information content (AvgIpc) is 2.54. The van der Waals surface area contributed by atoms with Crippen LogP contribution in [-0.2, 0) is 19.1 Å². The molecule has 0 aromatic rings. The number of hydrogen-bond acceptors (Lipinski definition) is 8. The van der Waals surface area contributed by atoms with Crippen molar-refractivity contribution in [2.24, 2.45) is 11.1 Å². The number of nitrogens with two attached hydrogens (primary N) is 1. The van der Waals surface area contributed by atoms with E-state index in [9.17, 15) is 14.4 Å². The van der Waals surface area contributed by atoms with Crippen LogP contribution in [0, 0.1) is 5.41 Å². The van der Waals surface area contributed by atoms with Crippen LogP contribution in [0.2, 0.25) is 0 Å². The predicted octanol–water partition coefficient (Wildman–Crippen LogP) is -2.32. The fourth-order valence-electron chi connectivity index (χ4n) is 1.03. The van der Waals surface area contributed by atoms with Crippen LogP contribution in [-0.4, -0.2) is 105 Å². The minimum atomic E-state index is -1.18. The molecule has 0 fully saturated rings. The van der Waals surface area contributed by atoms with Gasteiger partial charge < -0.3 is 36.0 Å². The molecule has 0 aliphatic rings. The number of carbonyl (C=O) groups excluding carboxylic acids is 1. The Labute approximate surface area is 167 Å². The van der Waals surface area contributed by atoms with Crippen molar-refractivity contribution in [3.8, 4) is 0 Å². The maximum absolute atomic E-state index is 11.0. The van der Waals surface area contributed by atoms with Gasteiger partial charge in [-0.15, -0.1) is 0 Å². The molecule has 0 spiro atoms. The van der Waals surface area contributed by atoms with E-state index in [2.05, 4.69) is 6.58 Å². The molecule has 0 rings (SSSR count). The summed E-state index contributed by atoms with van der Waals surface area (Å²) in [4.78, 5) is 30.8. The van der Waals surface area contributed by atoms with Gasteiger partial charge in [0.1, 0.15) is 12.6 Å². The van der Waals surface area contributed by atoms with Crippen molar-refractivity contribution >= 4 is 47.5 Å². The van der Waals surface area contributed by atoms with Crippen LogP contribution < -0.4 is 5.73 Å². The molecular formula is C14H26NNaO9. The monoisotopic (exact) mass is 375 g/mol. The second kappa shape index (κ2) is 15.3. The van der Waals surface area contributed by atoms with Gasteiger partial charge in [0, 0.05) is 12.0 Å². The first-order chi connectivity index (χ1) is 11.0. The Hall–Kier alpha value is -1.01. The molecular weight excluding hydrogens is 349 g/mol. The van der Waals surface area contributed by atoms with E-state index in [0.29, 0.717) is 0 Å². The molecule has 0 aromatic carbocycles. The first kappa shape index (κ1) is 28.8. The molecule has 1 atom stereocenters. The Kier molecular flexibility index (Phi) is 17.6. The third-order valence-electron chi connectivity index (χ3n) is 2.85. The summed E-state index contributed by atoms with van der Waals surface area (Å²) < 4.78 is 4.72. The fraction of sp³-hybridized carbons (Fsp3) is 0.643. The maximum atomic E-state index is 11.0. The molecule has 0 heterocycles. The first-order valence-corrected chi connectivity index (χ1v) is 6.90. The van der Waals surface area contributed by atoms with Crippen molar-refractivity contribution in [3.63, 3.8) is 0 Å². The van der Waals surface area contributed by atoms with E-state index in [1.807, 2.05) is 0 Å². The van der Waals surface area contributed by atoms with Crippen LogP contribution in [0.4, 0.5) is 0 Å². The SMILES string of the molecule is C=C(C)C(=O)OCC(CO)(CO)CO.N[C@@H](CCC(=O)O)C(=O)O.[NaH]. The normalized spacial score (nSPS) is 11.2. The Morgan fingerprint density at radius 3 is 1.84 bits per heavy atom. The van der Waals surface area contributed by atoms with Crippen molar-refractivity contribution in [1.29, 1.82) is 0 Å². The Bertz CT molecular complexity index is 430. The quantitative estimate of drug-likeness (QED) is 0.137. The van der Waals surface area contributed by atoms with Crippen LogP contribution in [0.3, 0.4) is 0 Å². The van der Waals surface area contributed by atoms with Gasteiger partial charge in [-0.25, -0.2) is 4.79 Å². The van der Waals surface area contributed by atoms with Crippen molar-refractivity contribution in [1.82, 2.24) is 0 Å². The average molecular weight is 375 g/mol. The van der Waals surface area contributed by atoms with Crippen LogP contribution in [0.5, 0.6) is 0 Å². The minimum absolute atomic E-state index is 0. The van der Waals surface area contributed by atoms with Crippen molar-refractivity contribution < 1.29 is 44.7 Å². The Morgan fingerprint density at radius 2 is 1.56 bits per heavy atom. The summed E-state index contributed by atoms with van der Waals surface area (Å²) in [6.07, 6.45) is -0.224. The molecule has 10 nitrogen and oxygen atoms in total. The number of rotatable bonds is 10. The zero-order valence-corrected chi connectivity index (χ0v) is 13.5. The van der Waals surface area contributed by atoms with Gasteiger partial charge in [-0.05, 0) is 13.3 Å². The number of aliphatic carboxylic acids is 2. The predicted molar refractivity (Wildman–Crippen MR) is 89.1 cm³/mol. The molecule has 11 heteroatoms. The van der Waals surface area contributed by atoms with E-state index in [1.165, 1.54) is 6.92 Å². The van der Waals surface area contributed by atoms with Gasteiger partial charge in [0.2, 0.25) is 0 Å². The molecule has 0 radical (unpaired) electrons. The molecule has 0 aliphatic heterocycles. The molecule has 0 saturated carbocycles. The number of aliphatic hydroxyl groups excluding tert-OH is 3. The molecule has 0 aromatic heterocycles. The van der Waals surface area contributed by atoms with Gasteiger partial charge in [0.15, 0.2) is 0 Å².